The van der Waals surface area contributed by atoms with E-state index in [0.29, 0.717) is 19.4 Å². The molecule has 0 bridgehead atoms. The Balaban J connectivity index is 1.58. The highest BCUT2D eigenvalue weighted by Gasteiger charge is 2.49. The van der Waals surface area contributed by atoms with Crippen molar-refractivity contribution < 1.29 is 17.9 Å². The molecule has 2 aromatic carbocycles. The summed E-state index contributed by atoms with van der Waals surface area (Å²) in [7, 11) is -4.83. The monoisotopic (exact) mass is 540 g/mol. The maximum atomic E-state index is 13.4. The molecule has 1 fully saturated rings. The van der Waals surface area contributed by atoms with Gasteiger partial charge in [0.25, 0.3) is 0 Å². The van der Waals surface area contributed by atoms with E-state index in [1.54, 1.807) is 0 Å². The van der Waals surface area contributed by atoms with Crippen LogP contribution >= 0.6 is 11.3 Å². The average Bonchev–Trinajstić information content (AvgIpc) is 3.31. The third kappa shape index (κ3) is 6.01. The summed E-state index contributed by atoms with van der Waals surface area (Å²) in [6.07, 6.45) is 1.80. The fourth-order valence-corrected chi connectivity index (χ4v) is 9.17. The lowest BCUT2D eigenvalue weighted by atomic mass is 9.95. The van der Waals surface area contributed by atoms with E-state index >= 15 is 0 Å². The lowest BCUT2D eigenvalue weighted by Gasteiger charge is -2.35. The van der Waals surface area contributed by atoms with Gasteiger partial charge in [0.2, 0.25) is 0 Å². The molecule has 0 saturated carbocycles. The largest absolute Gasteiger partial charge is 0.466 e. The molecule has 192 valence electrons. The second-order valence-corrected chi connectivity index (χ2v) is 20.2. The minimum atomic E-state index is -3.48. The summed E-state index contributed by atoms with van der Waals surface area (Å²) in [4.78, 5) is 14.6. The molecule has 4 nitrogen and oxygen atoms in total. The molecular formula is C29H36O4S2Si. The Labute approximate surface area is 220 Å². The molecule has 0 radical (unpaired) electrons. The van der Waals surface area contributed by atoms with Crippen LogP contribution < -0.4 is 0 Å². The molecule has 0 aliphatic carbocycles. The van der Waals surface area contributed by atoms with E-state index in [0.717, 1.165) is 33.3 Å². The summed E-state index contributed by atoms with van der Waals surface area (Å²) in [6, 6.07) is 21.6. The first-order chi connectivity index (χ1) is 17.0. The summed E-state index contributed by atoms with van der Waals surface area (Å²) < 4.78 is 31.3. The Bertz CT molecular complexity index is 1300. The van der Waals surface area contributed by atoms with Crippen molar-refractivity contribution in [1.29, 1.82) is 0 Å². The van der Waals surface area contributed by atoms with Gasteiger partial charge in [-0.2, -0.15) is 0 Å². The second kappa shape index (κ2) is 10.6. The van der Waals surface area contributed by atoms with Crippen LogP contribution in [0.3, 0.4) is 0 Å². The molecule has 0 spiro atoms. The third-order valence-corrected chi connectivity index (χ3v) is 12.8. The minimum absolute atomic E-state index is 0.104. The molecule has 36 heavy (non-hydrogen) atoms. The van der Waals surface area contributed by atoms with Crippen LogP contribution in [0.4, 0.5) is 0 Å². The molecule has 7 heteroatoms. The summed E-state index contributed by atoms with van der Waals surface area (Å²) >= 11 is 1.49. The Morgan fingerprint density at radius 3 is 2.14 bits per heavy atom. The van der Waals surface area contributed by atoms with Crippen molar-refractivity contribution in [2.75, 3.05) is 12.4 Å². The van der Waals surface area contributed by atoms with Gasteiger partial charge in [0.05, 0.1) is 18.8 Å². The first-order valence-electron chi connectivity index (χ1n) is 12.6. The number of hydrogen-bond donors (Lipinski definition) is 0. The highest BCUT2D eigenvalue weighted by molar-refractivity contribution is 7.92. The van der Waals surface area contributed by atoms with Crippen LogP contribution in [-0.4, -0.2) is 34.8 Å². The molecule has 2 heterocycles. The van der Waals surface area contributed by atoms with Gasteiger partial charge in [-0.05, 0) is 54.6 Å². The molecule has 1 saturated heterocycles. The summed E-state index contributed by atoms with van der Waals surface area (Å²) in [5, 5.41) is 0. The quantitative estimate of drug-likeness (QED) is 0.220. The van der Waals surface area contributed by atoms with Crippen molar-refractivity contribution >= 4 is 35.2 Å². The Morgan fingerprint density at radius 1 is 0.917 bits per heavy atom. The van der Waals surface area contributed by atoms with Crippen molar-refractivity contribution in [2.45, 2.75) is 63.0 Å². The Morgan fingerprint density at radius 2 is 1.53 bits per heavy atom. The highest BCUT2D eigenvalue weighted by Crippen LogP contribution is 2.47. The van der Waals surface area contributed by atoms with E-state index in [2.05, 4.69) is 75.1 Å². The summed E-state index contributed by atoms with van der Waals surface area (Å²) in [5.41, 5.74) is 4.58. The fourth-order valence-electron chi connectivity index (χ4n) is 4.68. The van der Waals surface area contributed by atoms with Crippen molar-refractivity contribution in [3.63, 3.8) is 0 Å². The predicted molar refractivity (Wildman–Crippen MR) is 153 cm³/mol. The van der Waals surface area contributed by atoms with Crippen LogP contribution in [0, 0.1) is 6.92 Å². The third-order valence-electron chi connectivity index (χ3n) is 6.99. The van der Waals surface area contributed by atoms with E-state index in [4.69, 9.17) is 4.74 Å². The Hall–Kier alpha value is -2.22. The first kappa shape index (κ1) is 26.8. The molecule has 1 aromatic heterocycles. The number of carbonyl (C=O) groups excluding carboxylic acids is 1. The minimum Gasteiger partial charge on any atom is -0.466 e. The molecule has 0 unspecified atom stereocenters. The maximum absolute atomic E-state index is 13.4. The highest BCUT2D eigenvalue weighted by atomic mass is 32.2. The van der Waals surface area contributed by atoms with Crippen LogP contribution in [0.2, 0.25) is 25.7 Å². The van der Waals surface area contributed by atoms with Crippen LogP contribution in [0.5, 0.6) is 0 Å². The molecule has 1 aliphatic heterocycles. The zero-order valence-corrected chi connectivity index (χ0v) is 24.3. The van der Waals surface area contributed by atoms with Gasteiger partial charge in [0.1, 0.15) is 4.75 Å². The number of ether oxygens (including phenoxy) is 1. The normalized spacial score (nSPS) is 19.7. The standard InChI is InChI=1S/C29H36O4S2Si/c1-22-7-9-23(10-8-22)24-11-13-25(14-12-24)26-15-16-27(34-26)29(17-5-6-19-35(29,31)32)21-28(30)33-18-20-36(2,3)4/h7-16H,5-6,17-21H2,1-4H3/t29-/m0/s1. The lowest BCUT2D eigenvalue weighted by molar-refractivity contribution is -0.144. The van der Waals surface area contributed by atoms with Gasteiger partial charge < -0.3 is 4.74 Å². The molecule has 4 rings (SSSR count). The Kier molecular flexibility index (Phi) is 7.93. The number of hydrogen-bond acceptors (Lipinski definition) is 5. The topological polar surface area (TPSA) is 60.4 Å². The molecule has 0 N–H and O–H groups in total. The van der Waals surface area contributed by atoms with E-state index in [9.17, 15) is 13.2 Å². The first-order valence-corrected chi connectivity index (χ1v) is 18.8. The molecule has 0 amide bonds. The smallest absolute Gasteiger partial charge is 0.307 e. The number of esters is 1. The van der Waals surface area contributed by atoms with Crippen molar-refractivity contribution in [3.05, 3.63) is 71.1 Å². The van der Waals surface area contributed by atoms with Gasteiger partial charge in [0, 0.05) is 17.8 Å². The van der Waals surface area contributed by atoms with Crippen molar-refractivity contribution in [1.82, 2.24) is 0 Å². The van der Waals surface area contributed by atoms with Crippen molar-refractivity contribution in [3.8, 4) is 21.6 Å². The van der Waals surface area contributed by atoms with Crippen molar-refractivity contribution in [2.24, 2.45) is 0 Å². The predicted octanol–water partition coefficient (Wildman–Crippen LogP) is 7.46. The lowest BCUT2D eigenvalue weighted by Crippen LogP contribution is -2.42. The zero-order chi connectivity index (χ0) is 26.0. The summed E-state index contributed by atoms with van der Waals surface area (Å²) in [6.45, 7) is 9.14. The van der Waals surface area contributed by atoms with Crippen LogP contribution in [0.1, 0.15) is 36.1 Å². The van der Waals surface area contributed by atoms with E-state index in [1.165, 1.54) is 22.5 Å². The fraction of sp³-hybridized carbons (Fsp3) is 0.414. The van der Waals surface area contributed by atoms with Crippen LogP contribution in [0.15, 0.2) is 60.7 Å². The number of thiophene rings is 1. The molecule has 3 aromatic rings. The number of rotatable bonds is 8. The van der Waals surface area contributed by atoms with Gasteiger partial charge in [-0.1, -0.05) is 80.2 Å². The van der Waals surface area contributed by atoms with Gasteiger partial charge in [-0.3, -0.25) is 4.79 Å². The second-order valence-electron chi connectivity index (χ2n) is 11.1. The molecular weight excluding hydrogens is 505 g/mol. The van der Waals surface area contributed by atoms with Crippen LogP contribution in [-0.2, 0) is 24.1 Å². The SMILES string of the molecule is Cc1ccc(-c2ccc(-c3ccc([C@@]4(CC(=O)OCC[Si](C)(C)C)CCCCS4(=O)=O)s3)cc2)cc1. The van der Waals surface area contributed by atoms with Gasteiger partial charge in [-0.25, -0.2) is 8.42 Å². The zero-order valence-electron chi connectivity index (χ0n) is 21.7. The number of sulfone groups is 1. The number of aryl methyl sites for hydroxylation is 1. The van der Waals surface area contributed by atoms with Gasteiger partial charge in [-0.15, -0.1) is 11.3 Å². The van der Waals surface area contributed by atoms with E-state index in [1.807, 2.05) is 12.1 Å². The van der Waals surface area contributed by atoms with Gasteiger partial charge in [0.15, 0.2) is 9.84 Å². The summed E-state index contributed by atoms with van der Waals surface area (Å²) in [5.74, 6) is -0.288. The maximum Gasteiger partial charge on any atom is 0.307 e. The number of carbonyl (C=O) groups is 1. The number of benzene rings is 2. The average molecular weight is 541 g/mol. The molecule has 1 aliphatic rings. The van der Waals surface area contributed by atoms with E-state index in [-0.39, 0.29) is 12.2 Å². The molecule has 1 atom stereocenters. The van der Waals surface area contributed by atoms with Gasteiger partial charge >= 0.3 is 5.97 Å². The van der Waals surface area contributed by atoms with Crippen LogP contribution in [0.25, 0.3) is 21.6 Å². The van der Waals surface area contributed by atoms with E-state index < -0.39 is 28.6 Å².